The molecule has 3 aromatic rings. The normalized spacial score (nSPS) is 16.2. The number of aryl methyl sites for hydroxylation is 1. The monoisotopic (exact) mass is 463 g/mol. The Morgan fingerprint density at radius 3 is 2.85 bits per heavy atom. The van der Waals surface area contributed by atoms with E-state index in [-0.39, 0.29) is 6.10 Å². The standard InChI is InChI=1S/C19H18IN3O3/c20-14-6-8-17-16(10-14)23(11-13-4-2-1-3-5-13)12-15(25-17)7-9-18-21-22-19(24)26-18/h1-6,8,10,15H,7,9,11-12H2,(H,22,24)/t15-/m0/s1. The summed E-state index contributed by atoms with van der Waals surface area (Å²) in [6, 6.07) is 16.6. The summed E-state index contributed by atoms with van der Waals surface area (Å²) in [5.41, 5.74) is 2.37. The summed E-state index contributed by atoms with van der Waals surface area (Å²) in [5.74, 6) is 0.790. The molecule has 2 aromatic carbocycles. The highest BCUT2D eigenvalue weighted by atomic mass is 127. The molecular formula is C19H18IN3O3. The molecule has 2 heterocycles. The van der Waals surface area contributed by atoms with E-state index in [1.807, 2.05) is 12.1 Å². The van der Waals surface area contributed by atoms with Crippen molar-refractivity contribution in [3.05, 3.63) is 74.1 Å². The van der Waals surface area contributed by atoms with Crippen LogP contribution >= 0.6 is 22.6 Å². The van der Waals surface area contributed by atoms with Crippen LogP contribution in [-0.4, -0.2) is 22.8 Å². The number of hydrogen-bond acceptors (Lipinski definition) is 5. The van der Waals surface area contributed by atoms with E-state index in [0.29, 0.717) is 12.3 Å². The van der Waals surface area contributed by atoms with Gasteiger partial charge in [-0.3, -0.25) is 0 Å². The summed E-state index contributed by atoms with van der Waals surface area (Å²) in [4.78, 5) is 13.4. The van der Waals surface area contributed by atoms with Gasteiger partial charge in [0.25, 0.3) is 0 Å². The minimum atomic E-state index is -0.518. The van der Waals surface area contributed by atoms with Crippen LogP contribution in [0.2, 0.25) is 0 Å². The second-order valence-electron chi connectivity index (χ2n) is 6.26. The zero-order chi connectivity index (χ0) is 17.9. The Kier molecular flexibility index (Phi) is 4.96. The van der Waals surface area contributed by atoms with E-state index in [2.05, 4.69) is 74.1 Å². The van der Waals surface area contributed by atoms with Crippen LogP contribution < -0.4 is 15.4 Å². The highest BCUT2D eigenvalue weighted by Crippen LogP contribution is 2.36. The number of nitrogens with zero attached hydrogens (tertiary/aromatic N) is 2. The predicted molar refractivity (Wildman–Crippen MR) is 107 cm³/mol. The van der Waals surface area contributed by atoms with Crippen LogP contribution in [0.15, 0.2) is 57.7 Å². The van der Waals surface area contributed by atoms with Crippen LogP contribution in [0, 0.1) is 3.57 Å². The van der Waals surface area contributed by atoms with Gasteiger partial charge in [0.15, 0.2) is 0 Å². The number of benzene rings is 2. The van der Waals surface area contributed by atoms with Crippen molar-refractivity contribution in [2.24, 2.45) is 0 Å². The molecule has 1 aliphatic rings. The zero-order valence-corrected chi connectivity index (χ0v) is 16.2. The van der Waals surface area contributed by atoms with Crippen molar-refractivity contribution in [2.75, 3.05) is 11.4 Å². The molecule has 1 N–H and O–H groups in total. The fourth-order valence-corrected chi connectivity index (χ4v) is 3.63. The van der Waals surface area contributed by atoms with Crippen molar-refractivity contribution < 1.29 is 9.15 Å². The van der Waals surface area contributed by atoms with E-state index < -0.39 is 5.76 Å². The second-order valence-corrected chi connectivity index (χ2v) is 7.51. The van der Waals surface area contributed by atoms with E-state index in [0.717, 1.165) is 30.9 Å². The Balaban J connectivity index is 1.53. The molecule has 7 heteroatoms. The molecule has 26 heavy (non-hydrogen) atoms. The summed E-state index contributed by atoms with van der Waals surface area (Å²) in [6.45, 7) is 1.60. The first kappa shape index (κ1) is 17.1. The Labute approximate surface area is 164 Å². The van der Waals surface area contributed by atoms with Gasteiger partial charge in [0.2, 0.25) is 5.89 Å². The van der Waals surface area contributed by atoms with E-state index in [9.17, 15) is 4.79 Å². The van der Waals surface area contributed by atoms with Crippen molar-refractivity contribution in [3.8, 4) is 5.75 Å². The number of ether oxygens (including phenoxy) is 1. The lowest BCUT2D eigenvalue weighted by atomic mass is 10.1. The molecule has 0 aliphatic carbocycles. The number of H-pyrrole nitrogens is 1. The van der Waals surface area contributed by atoms with E-state index >= 15 is 0 Å². The van der Waals surface area contributed by atoms with Crippen molar-refractivity contribution in [1.82, 2.24) is 10.2 Å². The van der Waals surface area contributed by atoms with Gasteiger partial charge in [-0.2, -0.15) is 0 Å². The van der Waals surface area contributed by atoms with Crippen LogP contribution in [0.5, 0.6) is 5.75 Å². The Hall–Kier alpha value is -2.29. The summed E-state index contributed by atoms with van der Waals surface area (Å²) in [7, 11) is 0. The molecule has 0 amide bonds. The molecule has 0 radical (unpaired) electrons. The van der Waals surface area contributed by atoms with Gasteiger partial charge < -0.3 is 14.1 Å². The lowest BCUT2D eigenvalue weighted by molar-refractivity contribution is 0.180. The molecule has 1 atom stereocenters. The Morgan fingerprint density at radius 2 is 2.08 bits per heavy atom. The first-order valence-corrected chi connectivity index (χ1v) is 9.55. The SMILES string of the molecule is O=c1[nH]nc(CC[C@H]2CN(Cc3ccccc3)c3cc(I)ccc3O2)o1. The highest BCUT2D eigenvalue weighted by molar-refractivity contribution is 14.1. The van der Waals surface area contributed by atoms with Gasteiger partial charge in [-0.25, -0.2) is 9.89 Å². The lowest BCUT2D eigenvalue weighted by Crippen LogP contribution is -2.40. The van der Waals surface area contributed by atoms with E-state index in [1.54, 1.807) is 0 Å². The van der Waals surface area contributed by atoms with Crippen molar-refractivity contribution in [3.63, 3.8) is 0 Å². The number of aromatic nitrogens is 2. The third kappa shape index (κ3) is 3.92. The predicted octanol–water partition coefficient (Wildman–Crippen LogP) is 3.37. The number of anilines is 1. The van der Waals surface area contributed by atoms with Gasteiger partial charge in [-0.15, -0.1) is 5.10 Å². The Bertz CT molecular complexity index is 938. The topological polar surface area (TPSA) is 71.4 Å². The molecule has 0 saturated carbocycles. The smallest absolute Gasteiger partial charge is 0.434 e. The Morgan fingerprint density at radius 1 is 1.23 bits per heavy atom. The molecule has 0 fully saturated rings. The molecule has 0 bridgehead atoms. The van der Waals surface area contributed by atoms with Gasteiger partial charge in [0.05, 0.1) is 12.2 Å². The summed E-state index contributed by atoms with van der Waals surface area (Å²) < 4.78 is 12.4. The molecule has 134 valence electrons. The molecule has 1 aromatic heterocycles. The van der Waals surface area contributed by atoms with Gasteiger partial charge in [0.1, 0.15) is 11.9 Å². The van der Waals surface area contributed by atoms with Gasteiger partial charge in [-0.05, 0) is 52.8 Å². The minimum absolute atomic E-state index is 0.00766. The van der Waals surface area contributed by atoms with Gasteiger partial charge >= 0.3 is 5.76 Å². The number of hydrogen-bond donors (Lipinski definition) is 1. The number of nitrogens with one attached hydrogen (secondary N) is 1. The summed E-state index contributed by atoms with van der Waals surface area (Å²) in [6.07, 6.45) is 1.29. The number of aromatic amines is 1. The lowest BCUT2D eigenvalue weighted by Gasteiger charge is -2.36. The fraction of sp³-hybridized carbons (Fsp3) is 0.263. The van der Waals surface area contributed by atoms with Crippen LogP contribution in [0.3, 0.4) is 0 Å². The molecular weight excluding hydrogens is 445 g/mol. The maximum absolute atomic E-state index is 11.1. The van der Waals surface area contributed by atoms with Crippen molar-refractivity contribution >= 4 is 28.3 Å². The first-order chi connectivity index (χ1) is 12.7. The maximum atomic E-state index is 11.1. The number of halogens is 1. The summed E-state index contributed by atoms with van der Waals surface area (Å²) in [5, 5.41) is 6.16. The number of fused-ring (bicyclic) bond motifs is 1. The van der Waals surface area contributed by atoms with Crippen LogP contribution in [0.1, 0.15) is 17.9 Å². The van der Waals surface area contributed by atoms with Crippen molar-refractivity contribution in [1.29, 1.82) is 0 Å². The minimum Gasteiger partial charge on any atom is -0.486 e. The number of rotatable bonds is 5. The highest BCUT2D eigenvalue weighted by Gasteiger charge is 2.26. The van der Waals surface area contributed by atoms with Gasteiger partial charge in [0, 0.05) is 16.5 Å². The molecule has 0 unspecified atom stereocenters. The molecule has 0 saturated heterocycles. The van der Waals surface area contributed by atoms with Crippen LogP contribution in [0.4, 0.5) is 5.69 Å². The molecule has 4 rings (SSSR count). The zero-order valence-electron chi connectivity index (χ0n) is 14.0. The maximum Gasteiger partial charge on any atom is 0.434 e. The molecule has 6 nitrogen and oxygen atoms in total. The average Bonchev–Trinajstić information content (AvgIpc) is 3.07. The van der Waals surface area contributed by atoms with E-state index in [1.165, 1.54) is 9.13 Å². The molecule has 1 aliphatic heterocycles. The quantitative estimate of drug-likeness (QED) is 0.588. The summed E-state index contributed by atoms with van der Waals surface area (Å²) >= 11 is 2.32. The van der Waals surface area contributed by atoms with Crippen molar-refractivity contribution in [2.45, 2.75) is 25.5 Å². The fourth-order valence-electron chi connectivity index (χ4n) is 3.15. The molecule has 0 spiro atoms. The third-order valence-corrected chi connectivity index (χ3v) is 5.03. The second kappa shape index (κ2) is 7.53. The van der Waals surface area contributed by atoms with E-state index in [4.69, 9.17) is 9.15 Å². The van der Waals surface area contributed by atoms with Crippen LogP contribution in [-0.2, 0) is 13.0 Å². The third-order valence-electron chi connectivity index (χ3n) is 4.36. The first-order valence-electron chi connectivity index (χ1n) is 8.47. The van der Waals surface area contributed by atoms with Gasteiger partial charge in [-0.1, -0.05) is 30.3 Å². The van der Waals surface area contributed by atoms with Crippen LogP contribution in [0.25, 0.3) is 0 Å². The average molecular weight is 463 g/mol. The largest absolute Gasteiger partial charge is 0.486 e.